The Labute approximate surface area is 183 Å². The molecule has 0 aliphatic carbocycles. The molecule has 0 saturated heterocycles. The summed E-state index contributed by atoms with van der Waals surface area (Å²) in [5, 5.41) is 9.52. The Morgan fingerprint density at radius 3 is 2.14 bits per heavy atom. The van der Waals surface area contributed by atoms with E-state index in [0.29, 0.717) is 11.6 Å². The predicted molar refractivity (Wildman–Crippen MR) is 116 cm³/mol. The minimum atomic E-state index is 0.200. The van der Waals surface area contributed by atoms with Crippen molar-refractivity contribution in [3.8, 4) is 5.75 Å². The molecule has 0 fully saturated rings. The zero-order valence-electron chi connectivity index (χ0n) is 16.6. The summed E-state index contributed by atoms with van der Waals surface area (Å²) >= 11 is 1.82. The van der Waals surface area contributed by atoms with E-state index in [9.17, 15) is 5.11 Å². The zero-order chi connectivity index (χ0) is 20.9. The first kappa shape index (κ1) is 24.1. The van der Waals surface area contributed by atoms with Gasteiger partial charge in [0.15, 0.2) is 0 Å². The third-order valence-electron chi connectivity index (χ3n) is 3.97. The van der Waals surface area contributed by atoms with E-state index in [0.717, 1.165) is 5.56 Å². The maximum atomic E-state index is 9.52. The monoisotopic (exact) mass is 481 g/mol. The third kappa shape index (κ3) is 8.82. The van der Waals surface area contributed by atoms with Gasteiger partial charge in [-0.2, -0.15) is 35.4 Å². The summed E-state index contributed by atoms with van der Waals surface area (Å²) in [6.07, 6.45) is 1.74. The van der Waals surface area contributed by atoms with Gasteiger partial charge in [0.2, 0.25) is 0 Å². The molecule has 4 heteroatoms. The van der Waals surface area contributed by atoms with Crippen molar-refractivity contribution in [3.05, 3.63) is 95.1 Å². The van der Waals surface area contributed by atoms with Crippen LogP contribution in [-0.4, -0.2) is 11.3 Å². The van der Waals surface area contributed by atoms with Crippen LogP contribution >= 0.6 is 9.69 Å². The van der Waals surface area contributed by atoms with Crippen LogP contribution in [0.2, 0.25) is 0 Å². The molecule has 148 valence electrons. The number of hydrogen-bond donors (Lipinski definition) is 1. The fourth-order valence-electron chi connectivity index (χ4n) is 2.24. The summed E-state index contributed by atoms with van der Waals surface area (Å²) in [6, 6.07) is 24.6. The summed E-state index contributed by atoms with van der Waals surface area (Å²) in [4.78, 5) is 4.23. The van der Waals surface area contributed by atoms with Crippen molar-refractivity contribution in [1.82, 2.24) is 0 Å². The van der Waals surface area contributed by atoms with E-state index in [2.05, 4.69) is 59.7 Å². The van der Waals surface area contributed by atoms with Crippen molar-refractivity contribution in [2.75, 3.05) is 0 Å². The summed E-state index contributed by atoms with van der Waals surface area (Å²) in [7, 11) is 4.57. The van der Waals surface area contributed by atoms with Crippen LogP contribution < -0.4 is 0 Å². The van der Waals surface area contributed by atoms with Gasteiger partial charge >= 0.3 is 27.0 Å². The molecule has 2 nitrogen and oxygen atoms in total. The molecular weight excluding hydrogens is 455 g/mol. The first-order valence-electron chi connectivity index (χ1n) is 8.96. The van der Waals surface area contributed by atoms with Crippen molar-refractivity contribution in [1.29, 1.82) is 0 Å². The Morgan fingerprint density at radius 2 is 1.61 bits per heavy atom. The quantitative estimate of drug-likeness (QED) is 0.243. The van der Waals surface area contributed by atoms with E-state index < -0.39 is 0 Å². The second-order valence-electron chi connectivity index (χ2n) is 6.62. The van der Waals surface area contributed by atoms with Crippen LogP contribution in [0.3, 0.4) is 0 Å². The topological polar surface area (TPSA) is 32.6 Å². The Hall–Kier alpha value is -1.96. The molecule has 0 aliphatic rings. The van der Waals surface area contributed by atoms with E-state index >= 15 is 0 Å². The van der Waals surface area contributed by atoms with Crippen LogP contribution in [0.5, 0.6) is 5.75 Å². The number of phenolic OH excluding ortho intramolecular Hbond substituents is 1. The number of hydrogen-bond acceptors (Lipinski definition) is 2. The van der Waals surface area contributed by atoms with Gasteiger partial charge in [-0.05, 0) is 24.6 Å². The van der Waals surface area contributed by atoms with Gasteiger partial charge in [0.1, 0.15) is 11.4 Å². The summed E-state index contributed by atoms with van der Waals surface area (Å²) in [6.45, 7) is 8.49. The Bertz CT molecular complexity index is 843. The van der Waals surface area contributed by atoms with Crippen molar-refractivity contribution in [3.63, 3.8) is 0 Å². The fourth-order valence-corrected chi connectivity index (χ4v) is 2.24. The Kier molecular flexibility index (Phi) is 11.4. The zero-order valence-corrected chi connectivity index (χ0v) is 19.1. The standard InChI is InChI=1S/C14H13NO.C10H13.ClH.Ru/c1-11-6-8-12(9-7-11)10-15-13-4-2-3-5-14(13)16;1-8(2)10-6-4-9(3)5-7-10;;/h2-10,16H,1H3;4,6-8H,1-3H3;1H;/q;-1;;+2/p-1. The number of aliphatic imine (C=N–C) groups is 1. The molecule has 0 atom stereocenters. The minimum absolute atomic E-state index is 0.200. The molecule has 0 aliphatic heterocycles. The molecule has 0 bridgehead atoms. The molecule has 3 rings (SSSR count). The Morgan fingerprint density at radius 1 is 0.964 bits per heavy atom. The number of aromatic hydroxyl groups is 1. The van der Waals surface area contributed by atoms with E-state index in [1.165, 1.54) is 16.7 Å². The van der Waals surface area contributed by atoms with Crippen LogP contribution in [0.4, 0.5) is 5.69 Å². The maximum absolute atomic E-state index is 9.52. The molecule has 0 amide bonds. The molecule has 0 radical (unpaired) electrons. The van der Waals surface area contributed by atoms with Gasteiger partial charge in [0.25, 0.3) is 0 Å². The number of phenols is 1. The summed E-state index contributed by atoms with van der Waals surface area (Å²) < 4.78 is 0. The average molecular weight is 481 g/mol. The van der Waals surface area contributed by atoms with Gasteiger partial charge in [-0.15, -0.1) is 0 Å². The van der Waals surface area contributed by atoms with Crippen LogP contribution in [-0.2, 0) is 17.3 Å². The van der Waals surface area contributed by atoms with Gasteiger partial charge in [-0.3, -0.25) is 4.99 Å². The fraction of sp³-hybridized carbons (Fsp3) is 0.208. The average Bonchev–Trinajstić information content (AvgIpc) is 2.71. The van der Waals surface area contributed by atoms with E-state index in [-0.39, 0.29) is 5.75 Å². The molecule has 0 unspecified atom stereocenters. The second kappa shape index (κ2) is 13.3. The van der Waals surface area contributed by atoms with Gasteiger partial charge in [0.05, 0.1) is 0 Å². The third-order valence-corrected chi connectivity index (χ3v) is 3.97. The van der Waals surface area contributed by atoms with Crippen LogP contribution in [0, 0.1) is 19.9 Å². The predicted octanol–water partition coefficient (Wildman–Crippen LogP) is 7.06. The second-order valence-corrected chi connectivity index (χ2v) is 6.62. The molecular formula is C24H26ClNORu. The first-order chi connectivity index (χ1) is 13.5. The van der Waals surface area contributed by atoms with E-state index in [4.69, 9.17) is 0 Å². The number of rotatable bonds is 3. The summed E-state index contributed by atoms with van der Waals surface area (Å²) in [5.74, 6) is 0.822. The molecule has 0 heterocycles. The van der Waals surface area contributed by atoms with Gasteiger partial charge in [-0.25, -0.2) is 0 Å². The van der Waals surface area contributed by atoms with Gasteiger partial charge in [-0.1, -0.05) is 68.7 Å². The van der Waals surface area contributed by atoms with Crippen molar-refractivity contribution < 1.29 is 22.4 Å². The van der Waals surface area contributed by atoms with Crippen molar-refractivity contribution in [2.24, 2.45) is 4.99 Å². The number of aryl methyl sites for hydroxylation is 2. The van der Waals surface area contributed by atoms with Crippen molar-refractivity contribution >= 4 is 21.6 Å². The van der Waals surface area contributed by atoms with Crippen molar-refractivity contribution in [2.45, 2.75) is 33.6 Å². The molecule has 0 spiro atoms. The SMILES string of the molecule is Cc1[c-]cc(C(C)C)cc1.Cc1ccc(C=Nc2ccccc2O)cc1.[Cl][Ru+]. The normalized spacial score (nSPS) is 10.1. The molecule has 0 aromatic heterocycles. The molecule has 3 aromatic rings. The van der Waals surface area contributed by atoms with E-state index in [1.54, 1.807) is 24.4 Å². The van der Waals surface area contributed by atoms with E-state index in [1.807, 2.05) is 54.6 Å². The molecule has 0 saturated carbocycles. The molecule has 3 aromatic carbocycles. The molecule has 1 N–H and O–H groups in total. The number of benzene rings is 3. The van der Waals surface area contributed by atoms with Gasteiger partial charge < -0.3 is 5.11 Å². The number of para-hydroxylation sites is 2. The van der Waals surface area contributed by atoms with Gasteiger partial charge in [0, 0.05) is 6.21 Å². The van der Waals surface area contributed by atoms with Crippen LogP contribution in [0.25, 0.3) is 0 Å². The van der Waals surface area contributed by atoms with Crippen LogP contribution in [0.15, 0.2) is 71.7 Å². The van der Waals surface area contributed by atoms with Crippen LogP contribution in [0.1, 0.15) is 42.0 Å². The first-order valence-corrected chi connectivity index (χ1v) is 11.2. The summed E-state index contributed by atoms with van der Waals surface area (Å²) in [5.41, 5.74) is 5.41. The number of nitrogens with zero attached hydrogens (tertiary/aromatic N) is 1. The number of halogens is 1. The molecule has 28 heavy (non-hydrogen) atoms. The Balaban J connectivity index is 0.000000281.